The molecule has 0 fully saturated rings. The van der Waals surface area contributed by atoms with Gasteiger partial charge in [-0.1, -0.05) is 25.1 Å². The van der Waals surface area contributed by atoms with E-state index in [4.69, 9.17) is 0 Å². The summed E-state index contributed by atoms with van der Waals surface area (Å²) in [4.78, 5) is 29.4. The first-order valence-corrected chi connectivity index (χ1v) is 8.30. The Kier molecular flexibility index (Phi) is 5.15. The highest BCUT2D eigenvalue weighted by Crippen LogP contribution is 2.31. The number of benzene rings is 1. The average Bonchev–Trinajstić information content (AvgIpc) is 2.97. The lowest BCUT2D eigenvalue weighted by Gasteiger charge is -2.27. The molecule has 0 radical (unpaired) electrons. The van der Waals surface area contributed by atoms with E-state index in [1.54, 1.807) is 26.1 Å². The summed E-state index contributed by atoms with van der Waals surface area (Å²) in [6.45, 7) is 5.72. The van der Waals surface area contributed by atoms with Crippen LogP contribution in [0.2, 0.25) is 0 Å². The van der Waals surface area contributed by atoms with Crippen LogP contribution >= 0.6 is 11.3 Å². The van der Waals surface area contributed by atoms with Crippen molar-refractivity contribution in [2.24, 2.45) is 0 Å². The molecular formula is C17H21N3O2S. The van der Waals surface area contributed by atoms with Gasteiger partial charge >= 0.3 is 0 Å². The minimum atomic E-state index is -0.616. The van der Waals surface area contributed by atoms with Crippen molar-refractivity contribution in [3.05, 3.63) is 51.5 Å². The molecule has 0 aliphatic carbocycles. The fraction of sp³-hybridized carbons (Fsp3) is 0.353. The molecule has 0 aliphatic rings. The second-order valence-corrected chi connectivity index (χ2v) is 6.52. The first-order valence-electron chi connectivity index (χ1n) is 7.49. The molecule has 2 N–H and O–H groups in total. The van der Waals surface area contributed by atoms with Crippen LogP contribution in [0.25, 0.3) is 0 Å². The van der Waals surface area contributed by atoms with Crippen molar-refractivity contribution in [3.8, 4) is 0 Å². The summed E-state index contributed by atoms with van der Waals surface area (Å²) in [7, 11) is 1.59. The minimum absolute atomic E-state index is 0.149. The number of nitrogens with zero attached hydrogens (tertiary/aromatic N) is 1. The van der Waals surface area contributed by atoms with Gasteiger partial charge in [-0.3, -0.25) is 9.59 Å². The quantitative estimate of drug-likeness (QED) is 0.885. The lowest BCUT2D eigenvalue weighted by molar-refractivity contribution is 0.0900. The third-order valence-electron chi connectivity index (χ3n) is 3.83. The summed E-state index contributed by atoms with van der Waals surface area (Å²) in [5, 5.41) is 6.40. The predicted octanol–water partition coefficient (Wildman–Crippen LogP) is 2.87. The van der Waals surface area contributed by atoms with E-state index >= 15 is 0 Å². The van der Waals surface area contributed by atoms with Crippen LogP contribution in [0.5, 0.6) is 0 Å². The number of aryl methyl sites for hydroxylation is 1. The largest absolute Gasteiger partial charge is 0.354 e. The molecule has 122 valence electrons. The number of carbonyl (C=O) groups is 2. The van der Waals surface area contributed by atoms with Gasteiger partial charge in [-0.2, -0.15) is 0 Å². The van der Waals surface area contributed by atoms with Crippen molar-refractivity contribution in [2.75, 3.05) is 7.05 Å². The van der Waals surface area contributed by atoms with Gasteiger partial charge in [-0.05, 0) is 32.4 Å². The topological polar surface area (TPSA) is 71.1 Å². The molecule has 1 unspecified atom stereocenters. The van der Waals surface area contributed by atoms with Gasteiger partial charge in [0, 0.05) is 12.6 Å². The average molecular weight is 331 g/mol. The first-order chi connectivity index (χ1) is 10.9. The van der Waals surface area contributed by atoms with Crippen molar-refractivity contribution in [1.29, 1.82) is 0 Å². The van der Waals surface area contributed by atoms with Gasteiger partial charge in [0.2, 0.25) is 0 Å². The summed E-state index contributed by atoms with van der Waals surface area (Å²) in [6.07, 6.45) is 0.672. The van der Waals surface area contributed by atoms with Crippen molar-refractivity contribution in [2.45, 2.75) is 32.7 Å². The molecule has 5 nitrogen and oxygen atoms in total. The molecular weight excluding hydrogens is 310 g/mol. The van der Waals surface area contributed by atoms with Crippen LogP contribution in [0.1, 0.15) is 51.0 Å². The Hall–Kier alpha value is -2.21. The zero-order valence-corrected chi connectivity index (χ0v) is 14.6. The number of thiazole rings is 1. The van der Waals surface area contributed by atoms with E-state index in [0.29, 0.717) is 22.6 Å². The van der Waals surface area contributed by atoms with E-state index in [1.807, 2.05) is 32.0 Å². The van der Waals surface area contributed by atoms with E-state index in [9.17, 15) is 9.59 Å². The molecule has 6 heteroatoms. The van der Waals surface area contributed by atoms with Gasteiger partial charge < -0.3 is 10.6 Å². The number of hydrogen-bond donors (Lipinski definition) is 2. The number of aromatic nitrogens is 1. The Bertz CT molecular complexity index is 712. The zero-order valence-electron chi connectivity index (χ0n) is 13.8. The van der Waals surface area contributed by atoms with E-state index in [1.165, 1.54) is 11.3 Å². The highest BCUT2D eigenvalue weighted by molar-refractivity contribution is 7.14. The lowest BCUT2D eigenvalue weighted by atomic mass is 9.99. The molecule has 0 saturated heterocycles. The van der Waals surface area contributed by atoms with Crippen molar-refractivity contribution in [3.63, 3.8) is 0 Å². The minimum Gasteiger partial charge on any atom is -0.354 e. The summed E-state index contributed by atoms with van der Waals surface area (Å²) >= 11 is 1.32. The van der Waals surface area contributed by atoms with Gasteiger partial charge in [0.15, 0.2) is 0 Å². The third kappa shape index (κ3) is 3.59. The van der Waals surface area contributed by atoms with Gasteiger partial charge in [-0.15, -0.1) is 11.3 Å². The van der Waals surface area contributed by atoms with Crippen molar-refractivity contribution >= 4 is 23.2 Å². The summed E-state index contributed by atoms with van der Waals surface area (Å²) < 4.78 is 0. The fourth-order valence-corrected chi connectivity index (χ4v) is 3.35. The second kappa shape index (κ2) is 6.91. The molecule has 2 amide bonds. The molecule has 1 atom stereocenters. The molecule has 2 aromatic rings. The molecule has 0 aliphatic heterocycles. The monoisotopic (exact) mass is 331 g/mol. The molecule has 1 aromatic heterocycles. The van der Waals surface area contributed by atoms with E-state index in [-0.39, 0.29) is 11.8 Å². The summed E-state index contributed by atoms with van der Waals surface area (Å²) in [5.41, 5.74) is 0.666. The molecule has 0 bridgehead atoms. The SMILES string of the molecule is CCC(C)(NC(=O)c1ccccc1)c1nc(C)c(C(=O)NC)s1. The van der Waals surface area contributed by atoms with E-state index in [0.717, 1.165) is 5.01 Å². The molecule has 23 heavy (non-hydrogen) atoms. The smallest absolute Gasteiger partial charge is 0.263 e. The Balaban J connectivity index is 2.30. The maximum Gasteiger partial charge on any atom is 0.263 e. The van der Waals surface area contributed by atoms with Gasteiger partial charge in [0.25, 0.3) is 11.8 Å². The molecule has 1 aromatic carbocycles. The maximum absolute atomic E-state index is 12.5. The molecule has 1 heterocycles. The van der Waals surface area contributed by atoms with E-state index < -0.39 is 5.54 Å². The third-order valence-corrected chi connectivity index (χ3v) is 5.25. The summed E-state index contributed by atoms with van der Waals surface area (Å²) in [6, 6.07) is 9.07. The van der Waals surface area contributed by atoms with Crippen LogP contribution < -0.4 is 10.6 Å². The van der Waals surface area contributed by atoms with Crippen LogP contribution in [0.15, 0.2) is 30.3 Å². The standard InChI is InChI=1S/C17H21N3O2S/c1-5-17(3,20-14(21)12-9-7-6-8-10-12)16-19-11(2)13(23-16)15(22)18-4/h6-10H,5H2,1-4H3,(H,18,22)(H,20,21). The molecule has 2 rings (SSSR count). The highest BCUT2D eigenvalue weighted by Gasteiger charge is 2.32. The molecule has 0 spiro atoms. The normalized spacial score (nSPS) is 13.2. The van der Waals surface area contributed by atoms with Crippen LogP contribution in [-0.4, -0.2) is 23.8 Å². The van der Waals surface area contributed by atoms with Gasteiger partial charge in [-0.25, -0.2) is 4.98 Å². The van der Waals surface area contributed by atoms with Crippen molar-refractivity contribution < 1.29 is 9.59 Å². The second-order valence-electron chi connectivity index (χ2n) is 5.52. The predicted molar refractivity (Wildman–Crippen MR) is 91.8 cm³/mol. The molecule has 0 saturated carbocycles. The van der Waals surface area contributed by atoms with Crippen molar-refractivity contribution in [1.82, 2.24) is 15.6 Å². The van der Waals surface area contributed by atoms with Crippen LogP contribution in [-0.2, 0) is 5.54 Å². The zero-order chi connectivity index (χ0) is 17.0. The highest BCUT2D eigenvalue weighted by atomic mass is 32.1. The fourth-order valence-electron chi connectivity index (χ4n) is 2.16. The Morgan fingerprint density at radius 3 is 2.43 bits per heavy atom. The Morgan fingerprint density at radius 2 is 1.87 bits per heavy atom. The number of amides is 2. The van der Waals surface area contributed by atoms with Gasteiger partial charge in [0.05, 0.1) is 11.2 Å². The van der Waals surface area contributed by atoms with Crippen LogP contribution in [0.3, 0.4) is 0 Å². The lowest BCUT2D eigenvalue weighted by Crippen LogP contribution is -2.43. The van der Waals surface area contributed by atoms with Crippen LogP contribution in [0, 0.1) is 6.92 Å². The Labute approximate surface area is 140 Å². The van der Waals surface area contributed by atoms with Gasteiger partial charge in [0.1, 0.15) is 9.88 Å². The summed E-state index contributed by atoms with van der Waals surface area (Å²) in [5.74, 6) is -0.302. The number of nitrogens with one attached hydrogen (secondary N) is 2. The van der Waals surface area contributed by atoms with Crippen LogP contribution in [0.4, 0.5) is 0 Å². The first kappa shape index (κ1) is 17.1. The number of rotatable bonds is 5. The Morgan fingerprint density at radius 1 is 1.22 bits per heavy atom. The number of carbonyl (C=O) groups excluding carboxylic acids is 2. The maximum atomic E-state index is 12.5. The number of hydrogen-bond acceptors (Lipinski definition) is 4. The van der Waals surface area contributed by atoms with E-state index in [2.05, 4.69) is 15.6 Å².